The molecule has 2 rings (SSSR count). The monoisotopic (exact) mass is 296 g/mol. The molecule has 0 heterocycles. The summed E-state index contributed by atoms with van der Waals surface area (Å²) in [5.41, 5.74) is 6.32. The van der Waals surface area contributed by atoms with Crippen molar-refractivity contribution in [3.63, 3.8) is 0 Å². The van der Waals surface area contributed by atoms with Crippen LogP contribution in [0.15, 0.2) is 41.3 Å². The molecule has 0 bridgehead atoms. The van der Waals surface area contributed by atoms with E-state index in [-0.39, 0.29) is 16.3 Å². The summed E-state index contributed by atoms with van der Waals surface area (Å²) in [5.74, 6) is -0.0312. The molecule has 0 aliphatic rings. The molecule has 0 spiro atoms. The molecule has 0 saturated carbocycles. The number of anilines is 1. The van der Waals surface area contributed by atoms with Crippen LogP contribution in [0.5, 0.6) is 11.5 Å². The van der Waals surface area contributed by atoms with E-state index in [0.717, 1.165) is 0 Å². The molecule has 0 saturated heterocycles. The lowest BCUT2D eigenvalue weighted by molar-refractivity contribution is 0.462. The van der Waals surface area contributed by atoms with E-state index in [4.69, 9.17) is 15.6 Å². The van der Waals surface area contributed by atoms with Crippen molar-refractivity contribution in [1.82, 2.24) is 0 Å². The molecule has 7 heteroatoms. The zero-order valence-electron chi connectivity index (χ0n) is 10.6. The van der Waals surface area contributed by atoms with Crippen LogP contribution in [0.3, 0.4) is 0 Å². The van der Waals surface area contributed by atoms with E-state index >= 15 is 0 Å². The van der Waals surface area contributed by atoms with Gasteiger partial charge in [0.2, 0.25) is 10.0 Å². The van der Waals surface area contributed by atoms with Gasteiger partial charge in [-0.2, -0.15) is 0 Å². The van der Waals surface area contributed by atoms with Gasteiger partial charge in [-0.15, -0.1) is 0 Å². The molecule has 0 aromatic heterocycles. The number of nitrogens with two attached hydrogens (primary N) is 2. The van der Waals surface area contributed by atoms with Gasteiger partial charge in [-0.25, -0.2) is 17.9 Å². The first-order valence-electron chi connectivity index (χ1n) is 5.64. The summed E-state index contributed by atoms with van der Waals surface area (Å²) < 4.78 is 41.5. The molecule has 106 valence electrons. The van der Waals surface area contributed by atoms with E-state index in [2.05, 4.69) is 0 Å². The van der Waals surface area contributed by atoms with Crippen LogP contribution in [0, 0.1) is 12.7 Å². The second-order valence-electron chi connectivity index (χ2n) is 4.26. The quantitative estimate of drug-likeness (QED) is 0.848. The van der Waals surface area contributed by atoms with Crippen LogP contribution in [0.1, 0.15) is 5.56 Å². The molecule has 0 atom stereocenters. The molecule has 0 fully saturated rings. The molecular formula is C13H13FN2O3S. The van der Waals surface area contributed by atoms with Crippen LogP contribution >= 0.6 is 0 Å². The average Bonchev–Trinajstić information content (AvgIpc) is 2.33. The standard InChI is InChI=1S/C13H13FN2O3S/c1-8-6-9(14)2-4-11(8)19-12-5-3-10(15)7-13(12)20(16,17)18/h2-7H,15H2,1H3,(H2,16,17,18). The van der Waals surface area contributed by atoms with Crippen LogP contribution < -0.4 is 15.6 Å². The number of rotatable bonds is 3. The Kier molecular flexibility index (Phi) is 3.65. The summed E-state index contributed by atoms with van der Waals surface area (Å²) >= 11 is 0. The number of ether oxygens (including phenoxy) is 1. The van der Waals surface area contributed by atoms with Crippen LogP contribution in [-0.4, -0.2) is 8.42 Å². The highest BCUT2D eigenvalue weighted by molar-refractivity contribution is 7.89. The van der Waals surface area contributed by atoms with Crippen LogP contribution in [0.25, 0.3) is 0 Å². The predicted octanol–water partition coefficient (Wildman–Crippen LogP) is 2.16. The Morgan fingerprint density at radius 2 is 1.75 bits per heavy atom. The maximum Gasteiger partial charge on any atom is 0.241 e. The summed E-state index contributed by atoms with van der Waals surface area (Å²) in [6, 6.07) is 8.01. The highest BCUT2D eigenvalue weighted by Gasteiger charge is 2.17. The van der Waals surface area contributed by atoms with E-state index in [1.54, 1.807) is 6.92 Å². The number of halogens is 1. The van der Waals surface area contributed by atoms with Gasteiger partial charge in [0.25, 0.3) is 0 Å². The zero-order valence-corrected chi connectivity index (χ0v) is 11.4. The van der Waals surface area contributed by atoms with Gasteiger partial charge in [0.05, 0.1) is 0 Å². The molecule has 4 N–H and O–H groups in total. The first-order valence-corrected chi connectivity index (χ1v) is 7.18. The average molecular weight is 296 g/mol. The number of aryl methyl sites for hydroxylation is 1. The highest BCUT2D eigenvalue weighted by Crippen LogP contribution is 2.31. The van der Waals surface area contributed by atoms with E-state index in [1.165, 1.54) is 36.4 Å². The largest absolute Gasteiger partial charge is 0.456 e. The highest BCUT2D eigenvalue weighted by atomic mass is 32.2. The molecule has 0 radical (unpaired) electrons. The van der Waals surface area contributed by atoms with E-state index in [0.29, 0.717) is 11.3 Å². The molecule has 0 amide bonds. The van der Waals surface area contributed by atoms with Crippen LogP contribution in [-0.2, 0) is 10.0 Å². The summed E-state index contributed by atoms with van der Waals surface area (Å²) in [7, 11) is -3.98. The Morgan fingerprint density at radius 1 is 1.10 bits per heavy atom. The third-order valence-electron chi connectivity index (χ3n) is 2.63. The Morgan fingerprint density at radius 3 is 2.35 bits per heavy atom. The second-order valence-corrected chi connectivity index (χ2v) is 5.79. The maximum absolute atomic E-state index is 13.0. The van der Waals surface area contributed by atoms with Gasteiger partial charge in [-0.1, -0.05) is 0 Å². The number of nitrogen functional groups attached to an aromatic ring is 1. The molecule has 0 aliphatic heterocycles. The number of primary sulfonamides is 1. The van der Waals surface area contributed by atoms with Crippen LogP contribution in [0.4, 0.5) is 10.1 Å². The van der Waals surface area contributed by atoms with Crippen molar-refractivity contribution < 1.29 is 17.5 Å². The Labute approximate surface area is 116 Å². The molecule has 5 nitrogen and oxygen atoms in total. The van der Waals surface area contributed by atoms with Crippen molar-refractivity contribution in [2.45, 2.75) is 11.8 Å². The van der Waals surface area contributed by atoms with Crippen molar-refractivity contribution in [1.29, 1.82) is 0 Å². The fourth-order valence-electron chi connectivity index (χ4n) is 1.68. The minimum Gasteiger partial charge on any atom is -0.456 e. The third-order valence-corrected chi connectivity index (χ3v) is 3.56. The first kappa shape index (κ1) is 14.3. The van der Waals surface area contributed by atoms with Gasteiger partial charge in [0.15, 0.2) is 0 Å². The Balaban J connectivity index is 2.49. The Hall–Kier alpha value is -2.12. The van der Waals surface area contributed by atoms with Gasteiger partial charge >= 0.3 is 0 Å². The predicted molar refractivity (Wildman–Crippen MR) is 73.4 cm³/mol. The molecule has 2 aromatic carbocycles. The summed E-state index contributed by atoms with van der Waals surface area (Å²) in [4.78, 5) is -0.221. The van der Waals surface area contributed by atoms with Gasteiger partial charge < -0.3 is 10.5 Å². The van der Waals surface area contributed by atoms with Crippen molar-refractivity contribution in [2.24, 2.45) is 5.14 Å². The SMILES string of the molecule is Cc1cc(F)ccc1Oc1ccc(N)cc1S(N)(=O)=O. The summed E-state index contributed by atoms with van der Waals surface area (Å²) in [6.45, 7) is 1.65. The van der Waals surface area contributed by atoms with E-state index < -0.39 is 15.8 Å². The fraction of sp³-hybridized carbons (Fsp3) is 0.0769. The second kappa shape index (κ2) is 5.10. The molecular weight excluding hydrogens is 283 g/mol. The number of benzene rings is 2. The molecule has 20 heavy (non-hydrogen) atoms. The number of hydrogen-bond acceptors (Lipinski definition) is 4. The number of sulfonamides is 1. The van der Waals surface area contributed by atoms with E-state index in [9.17, 15) is 12.8 Å². The lowest BCUT2D eigenvalue weighted by Gasteiger charge is -2.12. The van der Waals surface area contributed by atoms with Crippen LogP contribution in [0.2, 0.25) is 0 Å². The van der Waals surface area contributed by atoms with Crippen molar-refractivity contribution in [3.8, 4) is 11.5 Å². The molecule has 0 unspecified atom stereocenters. The fourth-order valence-corrected chi connectivity index (χ4v) is 2.37. The normalized spacial score (nSPS) is 11.3. The third kappa shape index (κ3) is 3.06. The summed E-state index contributed by atoms with van der Waals surface area (Å²) in [6.07, 6.45) is 0. The minimum absolute atomic E-state index is 0.0383. The van der Waals surface area contributed by atoms with Gasteiger partial charge in [-0.05, 0) is 48.9 Å². The first-order chi connectivity index (χ1) is 9.27. The smallest absolute Gasteiger partial charge is 0.241 e. The van der Waals surface area contributed by atoms with Crippen molar-refractivity contribution in [3.05, 3.63) is 47.8 Å². The summed E-state index contributed by atoms with van der Waals surface area (Å²) in [5, 5.41) is 5.12. The van der Waals surface area contributed by atoms with E-state index in [1.807, 2.05) is 0 Å². The molecule has 2 aromatic rings. The van der Waals surface area contributed by atoms with Gasteiger partial charge in [0.1, 0.15) is 22.2 Å². The van der Waals surface area contributed by atoms with Gasteiger partial charge in [-0.3, -0.25) is 0 Å². The maximum atomic E-state index is 13.0. The lowest BCUT2D eigenvalue weighted by Crippen LogP contribution is -2.13. The van der Waals surface area contributed by atoms with Crippen molar-refractivity contribution >= 4 is 15.7 Å². The number of hydrogen-bond donors (Lipinski definition) is 2. The van der Waals surface area contributed by atoms with Crippen molar-refractivity contribution in [2.75, 3.05) is 5.73 Å². The minimum atomic E-state index is -3.98. The Bertz CT molecular complexity index is 760. The lowest BCUT2D eigenvalue weighted by atomic mass is 10.2. The molecule has 0 aliphatic carbocycles. The zero-order chi connectivity index (χ0) is 14.9. The van der Waals surface area contributed by atoms with Gasteiger partial charge in [0, 0.05) is 5.69 Å². The topological polar surface area (TPSA) is 95.4 Å².